The highest BCUT2D eigenvalue weighted by Crippen LogP contribution is 2.32. The van der Waals surface area contributed by atoms with Gasteiger partial charge in [-0.15, -0.1) is 22.4 Å². The van der Waals surface area contributed by atoms with E-state index in [0.717, 1.165) is 32.3 Å². The van der Waals surface area contributed by atoms with Gasteiger partial charge in [-0.2, -0.15) is 5.10 Å². The lowest BCUT2D eigenvalue weighted by Crippen LogP contribution is -2.37. The van der Waals surface area contributed by atoms with Crippen LogP contribution < -0.4 is 11.1 Å². The minimum Gasteiger partial charge on any atom is -0.274 e. The van der Waals surface area contributed by atoms with Crippen molar-refractivity contribution in [1.82, 2.24) is 25.9 Å². The number of benzene rings is 2. The molecule has 1 aliphatic rings. The summed E-state index contributed by atoms with van der Waals surface area (Å²) in [5, 5.41) is 11.9. The third-order valence-corrected chi connectivity index (χ3v) is 5.78. The SMILES string of the molecule is CN1NNN=C1c1cnn(-c2ccccc2Br)c1SCc1ccccc1. The van der Waals surface area contributed by atoms with Crippen molar-refractivity contribution in [3.63, 3.8) is 0 Å². The molecule has 0 radical (unpaired) electrons. The highest BCUT2D eigenvalue weighted by Gasteiger charge is 2.23. The molecule has 2 N–H and O–H groups in total. The van der Waals surface area contributed by atoms with Gasteiger partial charge < -0.3 is 0 Å². The van der Waals surface area contributed by atoms with Crippen LogP contribution in [-0.4, -0.2) is 27.7 Å². The van der Waals surface area contributed by atoms with E-state index in [1.807, 2.05) is 53.3 Å². The maximum absolute atomic E-state index is 4.64. The van der Waals surface area contributed by atoms with Gasteiger partial charge in [-0.3, -0.25) is 5.01 Å². The summed E-state index contributed by atoms with van der Waals surface area (Å²) in [6, 6.07) is 18.5. The number of hydrazine groups is 2. The number of hydrogen-bond acceptors (Lipinski definition) is 6. The van der Waals surface area contributed by atoms with Crippen LogP contribution in [0.15, 0.2) is 75.4 Å². The van der Waals surface area contributed by atoms with Crippen LogP contribution >= 0.6 is 27.7 Å². The molecule has 0 atom stereocenters. The van der Waals surface area contributed by atoms with Crippen molar-refractivity contribution in [2.24, 2.45) is 5.10 Å². The third-order valence-electron chi connectivity index (χ3n) is 3.96. The van der Waals surface area contributed by atoms with Crippen molar-refractivity contribution in [3.05, 3.63) is 76.4 Å². The first-order valence-corrected chi connectivity index (χ1v) is 9.84. The van der Waals surface area contributed by atoms with Gasteiger partial charge in [-0.25, -0.2) is 10.2 Å². The first-order valence-electron chi connectivity index (χ1n) is 8.06. The summed E-state index contributed by atoms with van der Waals surface area (Å²) in [6.07, 6.45) is 1.86. The molecule has 2 aromatic carbocycles. The van der Waals surface area contributed by atoms with Gasteiger partial charge in [0, 0.05) is 17.3 Å². The molecule has 2 heterocycles. The quantitative estimate of drug-likeness (QED) is 0.608. The van der Waals surface area contributed by atoms with Crippen LogP contribution in [-0.2, 0) is 5.75 Å². The first-order chi connectivity index (χ1) is 12.7. The van der Waals surface area contributed by atoms with Crippen LogP contribution in [0.4, 0.5) is 0 Å². The molecule has 1 aromatic heterocycles. The van der Waals surface area contributed by atoms with E-state index in [9.17, 15) is 0 Å². The van der Waals surface area contributed by atoms with Crippen LogP contribution in [0.2, 0.25) is 0 Å². The molecule has 1 aliphatic heterocycles. The van der Waals surface area contributed by atoms with Crippen molar-refractivity contribution in [2.45, 2.75) is 10.8 Å². The summed E-state index contributed by atoms with van der Waals surface area (Å²) >= 11 is 5.37. The van der Waals surface area contributed by atoms with E-state index in [-0.39, 0.29) is 0 Å². The number of halogens is 1. The molecule has 0 fully saturated rings. The highest BCUT2D eigenvalue weighted by atomic mass is 79.9. The second kappa shape index (κ2) is 7.53. The molecular weight excluding hydrogens is 412 g/mol. The molecule has 3 aromatic rings. The number of thioether (sulfide) groups is 1. The molecule has 0 saturated carbocycles. The standard InChI is InChI=1S/C18H17BrN6S/c1-24-17(21-22-23-24)14-11-20-25(16-10-6-5-9-15(16)19)18(14)26-12-13-7-3-2-4-8-13/h2-11,22-23H,12H2,1H3. The fraction of sp³-hybridized carbons (Fsp3) is 0.111. The molecule has 6 nitrogen and oxygen atoms in total. The zero-order valence-electron chi connectivity index (χ0n) is 14.1. The normalized spacial score (nSPS) is 13.6. The Labute approximate surface area is 164 Å². The van der Waals surface area contributed by atoms with Crippen LogP contribution in [0, 0.1) is 0 Å². The number of nitrogens with one attached hydrogen (secondary N) is 2. The Balaban J connectivity index is 1.75. The summed E-state index contributed by atoms with van der Waals surface area (Å²) in [5.74, 6) is 1.65. The fourth-order valence-corrected chi connectivity index (χ4v) is 4.19. The van der Waals surface area contributed by atoms with Gasteiger partial charge in [0.05, 0.1) is 17.4 Å². The van der Waals surface area contributed by atoms with Gasteiger partial charge in [0.25, 0.3) is 0 Å². The minimum absolute atomic E-state index is 0.805. The number of nitrogens with zero attached hydrogens (tertiary/aromatic N) is 4. The summed E-state index contributed by atoms with van der Waals surface area (Å²) in [6.45, 7) is 0. The van der Waals surface area contributed by atoms with Gasteiger partial charge >= 0.3 is 0 Å². The van der Waals surface area contributed by atoms with E-state index < -0.39 is 0 Å². The molecule has 0 amide bonds. The Morgan fingerprint density at radius 2 is 1.85 bits per heavy atom. The summed E-state index contributed by atoms with van der Waals surface area (Å²) in [4.78, 5) is 0. The average Bonchev–Trinajstić information content (AvgIpc) is 3.27. The number of rotatable bonds is 5. The van der Waals surface area contributed by atoms with E-state index in [2.05, 4.69) is 61.5 Å². The largest absolute Gasteiger partial charge is 0.274 e. The molecule has 26 heavy (non-hydrogen) atoms. The average molecular weight is 429 g/mol. The van der Waals surface area contributed by atoms with E-state index in [1.165, 1.54) is 5.56 Å². The molecule has 8 heteroatoms. The number of aromatic nitrogens is 2. The van der Waals surface area contributed by atoms with Crippen LogP contribution in [0.3, 0.4) is 0 Å². The third kappa shape index (κ3) is 3.35. The highest BCUT2D eigenvalue weighted by molar-refractivity contribution is 9.10. The molecule has 0 unspecified atom stereocenters. The zero-order chi connectivity index (χ0) is 17.9. The number of amidine groups is 1. The Kier molecular flexibility index (Phi) is 4.96. The molecule has 0 aliphatic carbocycles. The van der Waals surface area contributed by atoms with Crippen molar-refractivity contribution >= 4 is 33.5 Å². The van der Waals surface area contributed by atoms with E-state index in [4.69, 9.17) is 0 Å². The molecular formula is C18H17BrN6S. The maximum atomic E-state index is 4.64. The summed E-state index contributed by atoms with van der Waals surface area (Å²) in [5.41, 5.74) is 8.98. The second-order valence-corrected chi connectivity index (χ2v) is 7.54. The Hall–Kier alpha value is -2.29. The first kappa shape index (κ1) is 17.1. The topological polar surface area (TPSA) is 57.5 Å². The fourth-order valence-electron chi connectivity index (χ4n) is 2.67. The van der Waals surface area contributed by atoms with E-state index >= 15 is 0 Å². The molecule has 132 valence electrons. The number of hydrogen-bond donors (Lipinski definition) is 2. The molecule has 0 saturated heterocycles. The van der Waals surface area contributed by atoms with Crippen LogP contribution in [0.1, 0.15) is 11.1 Å². The number of para-hydroxylation sites is 1. The Morgan fingerprint density at radius 1 is 1.08 bits per heavy atom. The van der Waals surface area contributed by atoms with Gasteiger partial charge in [-0.1, -0.05) is 42.5 Å². The molecule has 0 spiro atoms. The van der Waals surface area contributed by atoms with Gasteiger partial charge in [0.2, 0.25) is 0 Å². The van der Waals surface area contributed by atoms with Gasteiger partial charge in [-0.05, 0) is 33.6 Å². The Bertz CT molecular complexity index is 940. The minimum atomic E-state index is 0.805. The maximum Gasteiger partial charge on any atom is 0.177 e. The lowest BCUT2D eigenvalue weighted by Gasteiger charge is -2.14. The Morgan fingerprint density at radius 3 is 2.58 bits per heavy atom. The van der Waals surface area contributed by atoms with Crippen molar-refractivity contribution in [3.8, 4) is 5.69 Å². The predicted molar refractivity (Wildman–Crippen MR) is 108 cm³/mol. The van der Waals surface area contributed by atoms with Crippen LogP contribution in [0.25, 0.3) is 5.69 Å². The van der Waals surface area contributed by atoms with Crippen molar-refractivity contribution in [1.29, 1.82) is 0 Å². The van der Waals surface area contributed by atoms with Gasteiger partial charge in [0.15, 0.2) is 5.84 Å². The smallest absolute Gasteiger partial charge is 0.177 e. The zero-order valence-corrected chi connectivity index (χ0v) is 16.5. The molecule has 4 rings (SSSR count). The monoisotopic (exact) mass is 428 g/mol. The van der Waals surface area contributed by atoms with Crippen LogP contribution in [0.5, 0.6) is 0 Å². The van der Waals surface area contributed by atoms with E-state index in [0.29, 0.717) is 0 Å². The predicted octanol–water partition coefficient (Wildman–Crippen LogP) is 3.54. The molecule has 0 bridgehead atoms. The van der Waals surface area contributed by atoms with Crippen molar-refractivity contribution in [2.75, 3.05) is 7.05 Å². The summed E-state index contributed by atoms with van der Waals surface area (Å²) < 4.78 is 2.95. The summed E-state index contributed by atoms with van der Waals surface area (Å²) in [7, 11) is 1.92. The number of hydrazone groups is 1. The lowest BCUT2D eigenvalue weighted by molar-refractivity contribution is 0.348. The van der Waals surface area contributed by atoms with Gasteiger partial charge in [0.1, 0.15) is 5.03 Å². The van der Waals surface area contributed by atoms with E-state index in [1.54, 1.807) is 11.8 Å². The second-order valence-electron chi connectivity index (χ2n) is 5.72. The van der Waals surface area contributed by atoms with Crippen molar-refractivity contribution < 1.29 is 0 Å². The lowest BCUT2D eigenvalue weighted by atomic mass is 10.2.